The maximum Gasteiger partial charge on any atom is 0.252 e. The molecule has 0 spiro atoms. The lowest BCUT2D eigenvalue weighted by Crippen LogP contribution is -2.26. The molecular weight excluding hydrogens is 423 g/mol. The Morgan fingerprint density at radius 2 is 1.38 bits per heavy atom. The molecule has 0 aliphatic rings. The van der Waals surface area contributed by atoms with E-state index < -0.39 is 0 Å². The van der Waals surface area contributed by atoms with Crippen LogP contribution < -0.4 is 5.56 Å². The summed E-state index contributed by atoms with van der Waals surface area (Å²) in [4.78, 5) is 18.2. The van der Waals surface area contributed by atoms with E-state index in [0.29, 0.717) is 19.6 Å². The molecule has 1 N–H and O–H groups in total. The minimum absolute atomic E-state index is 0.0700. The molecule has 0 bridgehead atoms. The number of nitrogens with one attached hydrogen (secondary N) is 1. The van der Waals surface area contributed by atoms with Gasteiger partial charge in [-0.3, -0.25) is 9.69 Å². The Hall–Kier alpha value is -3.76. The summed E-state index contributed by atoms with van der Waals surface area (Å²) in [7, 11) is 0. The van der Waals surface area contributed by atoms with Crippen LogP contribution in [0.4, 0.5) is 4.39 Å². The number of halogens is 1. The van der Waals surface area contributed by atoms with E-state index in [9.17, 15) is 9.18 Å². The van der Waals surface area contributed by atoms with Crippen molar-refractivity contribution in [2.24, 2.45) is 0 Å². The number of fused-ring (bicyclic) bond motifs is 2. The average molecular weight is 451 g/mol. The molecule has 0 amide bonds. The largest absolute Gasteiger partial charge is 0.322 e. The van der Waals surface area contributed by atoms with Gasteiger partial charge in [-0.15, -0.1) is 0 Å². The van der Waals surface area contributed by atoms with Crippen molar-refractivity contribution >= 4 is 21.7 Å². The predicted octanol–water partition coefficient (Wildman–Crippen LogP) is 6.59. The summed E-state index contributed by atoms with van der Waals surface area (Å²) >= 11 is 0. The van der Waals surface area contributed by atoms with Gasteiger partial charge in [0.25, 0.3) is 5.56 Å². The fourth-order valence-corrected chi connectivity index (χ4v) is 4.49. The standard InChI is InChI=1S/C30H27FN2O/c1-2-21-10-14-29-26(15-21)17-27(30(34)32-29)20-33(18-22-8-12-28(31)13-9-22)19-23-7-11-24-5-3-4-6-25(24)16-23/h3-17H,2,18-20H2,1H3,(H,32,34). The Labute approximate surface area is 198 Å². The van der Waals surface area contributed by atoms with Crippen LogP contribution in [-0.2, 0) is 26.1 Å². The molecule has 1 heterocycles. The van der Waals surface area contributed by atoms with E-state index >= 15 is 0 Å². The summed E-state index contributed by atoms with van der Waals surface area (Å²) in [6.07, 6.45) is 0.947. The van der Waals surface area contributed by atoms with Crippen molar-refractivity contribution in [1.29, 1.82) is 0 Å². The smallest absolute Gasteiger partial charge is 0.252 e. The van der Waals surface area contributed by atoms with Crippen LogP contribution in [0.5, 0.6) is 0 Å². The van der Waals surface area contributed by atoms with Crippen molar-refractivity contribution in [3.63, 3.8) is 0 Å². The van der Waals surface area contributed by atoms with Gasteiger partial charge in [-0.25, -0.2) is 4.39 Å². The van der Waals surface area contributed by atoms with Crippen LogP contribution in [0.1, 0.15) is 29.2 Å². The monoisotopic (exact) mass is 450 g/mol. The number of aryl methyl sites for hydroxylation is 1. The fraction of sp³-hybridized carbons (Fsp3) is 0.167. The molecule has 1 aromatic heterocycles. The Balaban J connectivity index is 1.48. The first-order chi connectivity index (χ1) is 16.6. The third-order valence-corrected chi connectivity index (χ3v) is 6.33. The van der Waals surface area contributed by atoms with Crippen LogP contribution >= 0.6 is 0 Å². The highest BCUT2D eigenvalue weighted by Crippen LogP contribution is 2.20. The molecule has 5 rings (SSSR count). The second-order valence-corrected chi connectivity index (χ2v) is 8.85. The van der Waals surface area contributed by atoms with E-state index in [2.05, 4.69) is 59.3 Å². The van der Waals surface area contributed by atoms with E-state index in [-0.39, 0.29) is 11.4 Å². The molecule has 0 saturated carbocycles. The van der Waals surface area contributed by atoms with Gasteiger partial charge < -0.3 is 4.98 Å². The molecule has 0 radical (unpaired) electrons. The first-order valence-electron chi connectivity index (χ1n) is 11.7. The highest BCUT2D eigenvalue weighted by atomic mass is 19.1. The maximum atomic E-state index is 13.5. The number of hydrogen-bond donors (Lipinski definition) is 1. The molecular formula is C30H27FN2O. The number of benzene rings is 4. The van der Waals surface area contributed by atoms with Crippen LogP contribution in [0.15, 0.2) is 95.8 Å². The van der Waals surface area contributed by atoms with Crippen molar-refractivity contribution < 1.29 is 4.39 Å². The van der Waals surface area contributed by atoms with Gasteiger partial charge in [-0.05, 0) is 75.7 Å². The molecule has 3 nitrogen and oxygen atoms in total. The second-order valence-electron chi connectivity index (χ2n) is 8.85. The molecule has 4 aromatic carbocycles. The summed E-state index contributed by atoms with van der Waals surface area (Å²) in [5.41, 5.74) is 4.93. The lowest BCUT2D eigenvalue weighted by molar-refractivity contribution is 0.247. The molecule has 0 fully saturated rings. The van der Waals surface area contributed by atoms with E-state index in [4.69, 9.17) is 0 Å². The first-order valence-corrected chi connectivity index (χ1v) is 11.7. The number of pyridine rings is 1. The second kappa shape index (κ2) is 9.62. The van der Waals surface area contributed by atoms with Gasteiger partial charge in [0, 0.05) is 30.7 Å². The fourth-order valence-electron chi connectivity index (χ4n) is 4.49. The maximum absolute atomic E-state index is 13.5. The third-order valence-electron chi connectivity index (χ3n) is 6.33. The molecule has 0 unspecified atom stereocenters. The first kappa shape index (κ1) is 22.1. The molecule has 0 saturated heterocycles. The highest BCUT2D eigenvalue weighted by Gasteiger charge is 2.13. The van der Waals surface area contributed by atoms with Gasteiger partial charge in [0.1, 0.15) is 5.82 Å². The molecule has 0 aliphatic carbocycles. The van der Waals surface area contributed by atoms with E-state index in [0.717, 1.165) is 28.5 Å². The topological polar surface area (TPSA) is 36.1 Å². The quantitative estimate of drug-likeness (QED) is 0.304. The Kier molecular flexibility index (Phi) is 6.24. The van der Waals surface area contributed by atoms with Gasteiger partial charge in [-0.2, -0.15) is 0 Å². The van der Waals surface area contributed by atoms with Gasteiger partial charge in [-0.1, -0.05) is 61.5 Å². The molecule has 0 atom stereocenters. The number of nitrogens with zero attached hydrogens (tertiary/aromatic N) is 1. The van der Waals surface area contributed by atoms with Crippen molar-refractivity contribution in [3.05, 3.63) is 129 Å². The minimum atomic E-state index is -0.248. The zero-order chi connectivity index (χ0) is 23.5. The zero-order valence-electron chi connectivity index (χ0n) is 19.2. The average Bonchev–Trinajstić information content (AvgIpc) is 2.85. The van der Waals surface area contributed by atoms with Crippen LogP contribution in [0, 0.1) is 5.82 Å². The Morgan fingerprint density at radius 3 is 2.18 bits per heavy atom. The lowest BCUT2D eigenvalue weighted by atomic mass is 10.1. The lowest BCUT2D eigenvalue weighted by Gasteiger charge is -2.23. The summed E-state index contributed by atoms with van der Waals surface area (Å²) in [6.45, 7) is 3.90. The summed E-state index contributed by atoms with van der Waals surface area (Å²) in [5.74, 6) is -0.248. The Bertz CT molecular complexity index is 1500. The predicted molar refractivity (Wildman–Crippen MR) is 137 cm³/mol. The van der Waals surface area contributed by atoms with E-state index in [1.165, 1.54) is 34.0 Å². The minimum Gasteiger partial charge on any atom is -0.322 e. The van der Waals surface area contributed by atoms with Crippen molar-refractivity contribution in [2.45, 2.75) is 33.0 Å². The number of H-pyrrole nitrogens is 1. The van der Waals surface area contributed by atoms with Crippen LogP contribution in [0.2, 0.25) is 0 Å². The number of hydrogen-bond acceptors (Lipinski definition) is 2. The molecule has 4 heteroatoms. The van der Waals surface area contributed by atoms with Gasteiger partial charge in [0.15, 0.2) is 0 Å². The molecule has 170 valence electrons. The van der Waals surface area contributed by atoms with Gasteiger partial charge in [0.05, 0.1) is 0 Å². The summed E-state index contributed by atoms with van der Waals surface area (Å²) < 4.78 is 13.5. The number of rotatable bonds is 7. The molecule has 34 heavy (non-hydrogen) atoms. The SMILES string of the molecule is CCc1ccc2[nH]c(=O)c(CN(Cc3ccc(F)cc3)Cc3ccc4ccccc4c3)cc2c1. The third kappa shape index (κ3) is 4.92. The van der Waals surface area contributed by atoms with E-state index in [1.807, 2.05) is 24.3 Å². The van der Waals surface area contributed by atoms with Gasteiger partial charge >= 0.3 is 0 Å². The van der Waals surface area contributed by atoms with Crippen molar-refractivity contribution in [1.82, 2.24) is 9.88 Å². The van der Waals surface area contributed by atoms with Crippen LogP contribution in [0.3, 0.4) is 0 Å². The van der Waals surface area contributed by atoms with Crippen LogP contribution in [-0.4, -0.2) is 9.88 Å². The van der Waals surface area contributed by atoms with E-state index in [1.54, 1.807) is 12.1 Å². The summed E-state index contributed by atoms with van der Waals surface area (Å²) in [5, 5.41) is 3.44. The number of aromatic amines is 1. The van der Waals surface area contributed by atoms with Crippen LogP contribution in [0.25, 0.3) is 21.7 Å². The van der Waals surface area contributed by atoms with Crippen molar-refractivity contribution in [2.75, 3.05) is 0 Å². The molecule has 0 aliphatic heterocycles. The highest BCUT2D eigenvalue weighted by molar-refractivity contribution is 5.83. The van der Waals surface area contributed by atoms with Gasteiger partial charge in [0.2, 0.25) is 0 Å². The summed E-state index contributed by atoms with van der Waals surface area (Å²) in [6, 6.07) is 29.5. The normalized spacial score (nSPS) is 11.5. The number of aromatic nitrogens is 1. The zero-order valence-corrected chi connectivity index (χ0v) is 19.2. The molecule has 5 aromatic rings. The van der Waals surface area contributed by atoms with Crippen molar-refractivity contribution in [3.8, 4) is 0 Å². The Morgan fingerprint density at radius 1 is 0.706 bits per heavy atom.